The van der Waals surface area contributed by atoms with Crippen LogP contribution in [-0.4, -0.2) is 10.2 Å². The summed E-state index contributed by atoms with van der Waals surface area (Å²) in [5, 5.41) is 7.16. The predicted octanol–water partition coefficient (Wildman–Crippen LogP) is 0.583. The molecule has 1 radical (unpaired) electrons. The molecule has 0 aliphatic heterocycles. The SMILES string of the molecule is [2H]Cc1[c-]ccnn1.[V]. The van der Waals surface area contributed by atoms with Crippen molar-refractivity contribution in [2.45, 2.75) is 6.90 Å². The molecule has 0 N–H and O–H groups in total. The second kappa shape index (κ2) is 3.64. The van der Waals surface area contributed by atoms with Crippen molar-refractivity contribution >= 4 is 0 Å². The van der Waals surface area contributed by atoms with Crippen LogP contribution >= 0.6 is 0 Å². The minimum absolute atomic E-state index is 0. The van der Waals surface area contributed by atoms with Crippen LogP contribution in [0, 0.1) is 13.0 Å². The summed E-state index contributed by atoms with van der Waals surface area (Å²) in [4.78, 5) is 0. The molecule has 41 valence electrons. The van der Waals surface area contributed by atoms with Gasteiger partial charge in [0.1, 0.15) is 0 Å². The van der Waals surface area contributed by atoms with E-state index in [4.69, 9.17) is 1.37 Å². The number of nitrogens with zero attached hydrogens (tertiary/aromatic N) is 2. The molecule has 2 nitrogen and oxygen atoms in total. The Labute approximate surface area is 61.6 Å². The number of rotatable bonds is 0. The van der Waals surface area contributed by atoms with E-state index in [2.05, 4.69) is 16.3 Å². The first-order valence-corrected chi connectivity index (χ1v) is 1.91. The topological polar surface area (TPSA) is 25.8 Å². The minimum atomic E-state index is 0. The van der Waals surface area contributed by atoms with Gasteiger partial charge in [-0.05, 0) is 12.6 Å². The summed E-state index contributed by atoms with van der Waals surface area (Å²) in [6, 6.07) is 4.41. The third-order valence-corrected chi connectivity index (χ3v) is 0.570. The van der Waals surface area contributed by atoms with Gasteiger partial charge in [0.05, 0.1) is 0 Å². The summed E-state index contributed by atoms with van der Waals surface area (Å²) in [6.07, 6.45) is 1.54. The van der Waals surface area contributed by atoms with Crippen molar-refractivity contribution in [3.8, 4) is 0 Å². The standard InChI is InChI=1S/C5H5N2.V/c1-5-3-2-4-6-7-5;/h2,4H,1H3;/q-1;/i1D;. The van der Waals surface area contributed by atoms with E-state index in [0.717, 1.165) is 0 Å². The van der Waals surface area contributed by atoms with Crippen LogP contribution < -0.4 is 0 Å². The normalized spacial score (nSPS) is 9.25. The maximum absolute atomic E-state index is 6.81. The van der Waals surface area contributed by atoms with Crippen molar-refractivity contribution in [3.63, 3.8) is 0 Å². The largest absolute Gasteiger partial charge is 0.258 e. The molecule has 1 heterocycles. The Morgan fingerprint density at radius 2 is 2.75 bits per heavy atom. The average Bonchev–Trinajstić information content (AvgIpc) is 1.90. The van der Waals surface area contributed by atoms with E-state index < -0.39 is 0 Å². The maximum Gasteiger partial charge on any atom is 0.0280 e. The molecule has 0 atom stereocenters. The van der Waals surface area contributed by atoms with E-state index in [1.807, 2.05) is 0 Å². The van der Waals surface area contributed by atoms with Gasteiger partial charge in [-0.3, -0.25) is 5.10 Å². The van der Waals surface area contributed by atoms with Gasteiger partial charge in [0.15, 0.2) is 0 Å². The molecule has 0 saturated carbocycles. The van der Waals surface area contributed by atoms with E-state index in [-0.39, 0.29) is 25.5 Å². The second-order valence-corrected chi connectivity index (χ2v) is 1.12. The first-order valence-electron chi connectivity index (χ1n) is 2.61. The maximum atomic E-state index is 6.81. The number of hydrogen-bond acceptors (Lipinski definition) is 2. The van der Waals surface area contributed by atoms with E-state index in [9.17, 15) is 0 Å². The molecule has 0 unspecified atom stereocenters. The molecule has 0 amide bonds. The van der Waals surface area contributed by atoms with Crippen LogP contribution in [0.5, 0.6) is 0 Å². The quantitative estimate of drug-likeness (QED) is 0.499. The van der Waals surface area contributed by atoms with E-state index in [1.54, 1.807) is 12.3 Å². The van der Waals surface area contributed by atoms with E-state index in [1.165, 1.54) is 0 Å². The predicted molar refractivity (Wildman–Crippen MR) is 25.6 cm³/mol. The van der Waals surface area contributed by atoms with Gasteiger partial charge in [-0.2, -0.15) is 5.10 Å². The fraction of sp³-hybridized carbons (Fsp3) is 0.200. The van der Waals surface area contributed by atoms with E-state index >= 15 is 0 Å². The van der Waals surface area contributed by atoms with Gasteiger partial charge in [0.2, 0.25) is 0 Å². The fourth-order valence-corrected chi connectivity index (χ4v) is 0.299. The molecular weight excluding hydrogens is 139 g/mol. The molecular formula is C5H5N2V-. The molecule has 0 aliphatic rings. The third-order valence-electron chi connectivity index (χ3n) is 0.570. The Morgan fingerprint density at radius 1 is 1.88 bits per heavy atom. The van der Waals surface area contributed by atoms with Crippen LogP contribution in [-0.2, 0) is 18.6 Å². The third kappa shape index (κ3) is 2.10. The summed E-state index contributed by atoms with van der Waals surface area (Å²) in [6.45, 7) is 0.161. The summed E-state index contributed by atoms with van der Waals surface area (Å²) in [5.41, 5.74) is 0.590. The molecule has 3 heteroatoms. The van der Waals surface area contributed by atoms with Crippen LogP contribution in [0.3, 0.4) is 0 Å². The van der Waals surface area contributed by atoms with E-state index in [0.29, 0.717) is 5.69 Å². The molecule has 1 aromatic rings. The molecule has 0 aliphatic carbocycles. The Bertz CT molecular complexity index is 156. The van der Waals surface area contributed by atoms with Crippen molar-refractivity contribution in [3.05, 3.63) is 24.0 Å². The number of hydrogen-bond donors (Lipinski definition) is 0. The fourth-order valence-electron chi connectivity index (χ4n) is 0.299. The molecule has 0 spiro atoms. The number of aromatic nitrogens is 2. The van der Waals surface area contributed by atoms with Gasteiger partial charge in [0, 0.05) is 19.9 Å². The molecule has 0 aromatic carbocycles. The summed E-state index contributed by atoms with van der Waals surface area (Å²) < 4.78 is 6.81. The van der Waals surface area contributed by atoms with Crippen molar-refractivity contribution in [1.29, 1.82) is 0 Å². The average molecular weight is 145 g/mol. The van der Waals surface area contributed by atoms with Gasteiger partial charge in [-0.1, -0.05) is 0 Å². The number of aryl methyl sites for hydroxylation is 1. The summed E-state index contributed by atoms with van der Waals surface area (Å²) >= 11 is 0. The first kappa shape index (κ1) is 5.79. The molecule has 0 saturated heterocycles. The summed E-state index contributed by atoms with van der Waals surface area (Å²) in [7, 11) is 0. The zero-order chi connectivity index (χ0) is 5.82. The van der Waals surface area contributed by atoms with Crippen molar-refractivity contribution in [2.24, 2.45) is 0 Å². The van der Waals surface area contributed by atoms with Gasteiger partial charge in [-0.15, -0.1) is 6.20 Å². The van der Waals surface area contributed by atoms with Crippen molar-refractivity contribution in [2.75, 3.05) is 0 Å². The van der Waals surface area contributed by atoms with Gasteiger partial charge >= 0.3 is 0 Å². The van der Waals surface area contributed by atoms with Crippen molar-refractivity contribution in [1.82, 2.24) is 10.2 Å². The van der Waals surface area contributed by atoms with Gasteiger partial charge in [-0.25, -0.2) is 12.1 Å². The van der Waals surface area contributed by atoms with Crippen LogP contribution in [0.25, 0.3) is 0 Å². The van der Waals surface area contributed by atoms with Crippen molar-refractivity contribution < 1.29 is 19.9 Å². The van der Waals surface area contributed by atoms with Crippen LogP contribution in [0.1, 0.15) is 7.06 Å². The zero-order valence-electron chi connectivity index (χ0n) is 5.20. The second-order valence-electron chi connectivity index (χ2n) is 1.12. The Kier molecular flexibility index (Phi) is 2.64. The van der Waals surface area contributed by atoms with Crippen LogP contribution in [0.15, 0.2) is 12.3 Å². The molecule has 1 aromatic heterocycles. The first-order chi connectivity index (χ1) is 3.93. The molecule has 0 bridgehead atoms. The minimum Gasteiger partial charge on any atom is -0.258 e. The monoisotopic (exact) mass is 145 g/mol. The Hall–Kier alpha value is -0.336. The summed E-state index contributed by atoms with van der Waals surface area (Å²) in [5.74, 6) is 0. The van der Waals surface area contributed by atoms with Gasteiger partial charge in [0.25, 0.3) is 0 Å². The van der Waals surface area contributed by atoms with Gasteiger partial charge < -0.3 is 0 Å². The Morgan fingerprint density at radius 3 is 3.12 bits per heavy atom. The smallest absolute Gasteiger partial charge is 0.0280 e. The molecule has 8 heavy (non-hydrogen) atoms. The van der Waals surface area contributed by atoms with Crippen LogP contribution in [0.4, 0.5) is 0 Å². The molecule has 0 fully saturated rings. The Balaban J connectivity index is 0.000000640. The van der Waals surface area contributed by atoms with Crippen LogP contribution in [0.2, 0.25) is 0 Å². The zero-order valence-corrected chi connectivity index (χ0v) is 5.60. The molecule has 1 rings (SSSR count).